The Hall–Kier alpha value is -3.38. The Kier molecular flexibility index (Phi) is 9.19. The maximum Gasteiger partial charge on any atom is 0.348 e. The number of aromatic carboxylic acids is 1. The third-order valence-corrected chi connectivity index (χ3v) is 8.65. The Bertz CT molecular complexity index is 1380. The zero-order valence-electron chi connectivity index (χ0n) is 24.0. The van der Waals surface area contributed by atoms with Gasteiger partial charge < -0.3 is 14.7 Å². The van der Waals surface area contributed by atoms with Gasteiger partial charge in [0.15, 0.2) is 0 Å². The molecular weight excluding hydrogens is 526 g/mol. The third kappa shape index (κ3) is 7.42. The van der Waals surface area contributed by atoms with Crippen molar-refractivity contribution in [3.63, 3.8) is 0 Å². The lowest BCUT2D eigenvalue weighted by Gasteiger charge is -2.40. The topological polar surface area (TPSA) is 113 Å². The van der Waals surface area contributed by atoms with E-state index in [1.165, 1.54) is 17.8 Å². The standard InChI is InChI=1S/C31H39N3O5S/c1-19-6-11-24(20(2)16-19)28(36)34(25-17-23(12-14-31(3,4)5)40-27(25)29(37)38)22-9-7-21(8-10-22)18-39-30-32-15-13-26(35)33-30/h6,13,15,17,20-22,24H,7-11,16,18H2,1-5H3,(H,37,38)(H,32,33,35)/t20-,21?,22?,24-/m0/s1. The van der Waals surface area contributed by atoms with Gasteiger partial charge >= 0.3 is 5.97 Å². The average Bonchev–Trinajstić information content (AvgIpc) is 3.31. The monoisotopic (exact) mass is 565 g/mol. The molecule has 0 unspecified atom stereocenters. The van der Waals surface area contributed by atoms with Crippen LogP contribution in [-0.2, 0) is 4.79 Å². The lowest BCUT2D eigenvalue weighted by molar-refractivity contribution is -0.124. The Morgan fingerprint density at radius 1 is 1.25 bits per heavy atom. The number of allylic oxidation sites excluding steroid dienone is 2. The predicted molar refractivity (Wildman–Crippen MR) is 157 cm³/mol. The number of carboxylic acid groups (broad SMARTS) is 1. The van der Waals surface area contributed by atoms with Gasteiger partial charge in [-0.1, -0.05) is 30.4 Å². The molecule has 4 rings (SSSR count). The van der Waals surface area contributed by atoms with E-state index in [1.54, 1.807) is 11.0 Å². The summed E-state index contributed by atoms with van der Waals surface area (Å²) in [6.07, 6.45) is 8.17. The SMILES string of the molecule is CC1=CC[C@H](C(=O)N(c2cc(C#CC(C)(C)C)sc2C(=O)O)C2CCC(COc3nccc(=O)[nH]3)CC2)[C@@H](C)C1. The Labute approximate surface area is 239 Å². The van der Waals surface area contributed by atoms with Crippen LogP contribution in [0.3, 0.4) is 0 Å². The van der Waals surface area contributed by atoms with Gasteiger partial charge in [0.25, 0.3) is 11.6 Å². The first-order valence-corrected chi connectivity index (χ1v) is 14.8. The minimum atomic E-state index is -1.04. The van der Waals surface area contributed by atoms with Crippen molar-refractivity contribution < 1.29 is 19.4 Å². The van der Waals surface area contributed by atoms with Gasteiger partial charge in [0.05, 0.1) is 17.2 Å². The average molecular weight is 566 g/mol. The van der Waals surface area contributed by atoms with Crippen molar-refractivity contribution in [1.82, 2.24) is 9.97 Å². The first-order valence-electron chi connectivity index (χ1n) is 14.0. The summed E-state index contributed by atoms with van der Waals surface area (Å²) in [5.74, 6) is 5.52. The minimum Gasteiger partial charge on any atom is -0.477 e. The van der Waals surface area contributed by atoms with Crippen LogP contribution in [-0.4, -0.2) is 39.6 Å². The molecule has 2 N–H and O–H groups in total. The first kappa shape index (κ1) is 29.6. The molecule has 1 saturated carbocycles. The van der Waals surface area contributed by atoms with Gasteiger partial charge in [0.2, 0.25) is 5.91 Å². The van der Waals surface area contributed by atoms with E-state index in [4.69, 9.17) is 4.74 Å². The summed E-state index contributed by atoms with van der Waals surface area (Å²) in [4.78, 5) is 47.4. The zero-order chi connectivity index (χ0) is 29.0. The number of nitrogens with one attached hydrogen (secondary N) is 1. The second-order valence-corrected chi connectivity index (χ2v) is 13.2. The summed E-state index contributed by atoms with van der Waals surface area (Å²) in [7, 11) is 0. The van der Waals surface area contributed by atoms with Crippen LogP contribution in [0.25, 0.3) is 0 Å². The molecule has 1 amide bonds. The number of carbonyl (C=O) groups excluding carboxylic acids is 1. The molecular formula is C31H39N3O5S. The fourth-order valence-electron chi connectivity index (χ4n) is 5.53. The maximum atomic E-state index is 14.2. The molecule has 2 aliphatic rings. The van der Waals surface area contributed by atoms with Crippen LogP contribution in [0.1, 0.15) is 87.7 Å². The molecule has 214 valence electrons. The molecule has 8 nitrogen and oxygen atoms in total. The lowest BCUT2D eigenvalue weighted by Crippen LogP contribution is -2.47. The fourth-order valence-corrected chi connectivity index (χ4v) is 6.37. The molecule has 40 heavy (non-hydrogen) atoms. The molecule has 0 bridgehead atoms. The van der Waals surface area contributed by atoms with E-state index in [-0.39, 0.29) is 51.6 Å². The van der Waals surface area contributed by atoms with Crippen molar-refractivity contribution in [3.05, 3.63) is 50.1 Å². The molecule has 0 saturated heterocycles. The van der Waals surface area contributed by atoms with Crippen molar-refractivity contribution in [3.8, 4) is 17.9 Å². The normalized spacial score (nSPS) is 23.0. The second-order valence-electron chi connectivity index (χ2n) is 12.1. The molecule has 2 aromatic rings. The summed E-state index contributed by atoms with van der Waals surface area (Å²) in [5, 5.41) is 10.1. The summed E-state index contributed by atoms with van der Waals surface area (Å²) >= 11 is 1.14. The molecule has 9 heteroatoms. The van der Waals surface area contributed by atoms with Crippen molar-refractivity contribution in [2.75, 3.05) is 11.5 Å². The molecule has 0 radical (unpaired) electrons. The summed E-state index contributed by atoms with van der Waals surface area (Å²) in [5.41, 5.74) is 1.26. The Morgan fingerprint density at radius 2 is 1.98 bits per heavy atom. The van der Waals surface area contributed by atoms with Crippen LogP contribution in [0.2, 0.25) is 0 Å². The number of anilines is 1. The Balaban J connectivity index is 1.60. The number of carbonyl (C=O) groups is 2. The number of rotatable bonds is 7. The molecule has 2 aliphatic carbocycles. The van der Waals surface area contributed by atoms with Crippen molar-refractivity contribution in [2.45, 2.75) is 79.2 Å². The molecule has 2 atom stereocenters. The van der Waals surface area contributed by atoms with E-state index >= 15 is 0 Å². The van der Waals surface area contributed by atoms with E-state index < -0.39 is 5.97 Å². The highest BCUT2D eigenvalue weighted by Crippen LogP contribution is 2.40. The number of thiophene rings is 1. The highest BCUT2D eigenvalue weighted by molar-refractivity contribution is 7.15. The molecule has 0 spiro atoms. The fraction of sp³-hybridized carbons (Fsp3) is 0.548. The molecule has 1 fully saturated rings. The number of carboxylic acids is 1. The molecule has 2 heterocycles. The van der Waals surface area contributed by atoms with Gasteiger partial charge in [-0.3, -0.25) is 14.6 Å². The van der Waals surface area contributed by atoms with E-state index in [0.717, 1.165) is 43.4 Å². The number of ether oxygens (including phenoxy) is 1. The molecule has 0 aliphatic heterocycles. The first-order chi connectivity index (χ1) is 18.9. The van der Waals surface area contributed by atoms with E-state index in [2.05, 4.69) is 41.7 Å². The maximum absolute atomic E-state index is 14.2. The zero-order valence-corrected chi connectivity index (χ0v) is 24.8. The number of hydrogen-bond donors (Lipinski definition) is 2. The van der Waals surface area contributed by atoms with Gasteiger partial charge in [-0.05, 0) is 84.1 Å². The molecule has 0 aromatic carbocycles. The van der Waals surface area contributed by atoms with E-state index in [9.17, 15) is 19.5 Å². The summed E-state index contributed by atoms with van der Waals surface area (Å²) in [6, 6.07) is 3.22. The number of H-pyrrole nitrogens is 1. The highest BCUT2D eigenvalue weighted by Gasteiger charge is 2.38. The van der Waals surface area contributed by atoms with Crippen LogP contribution in [0, 0.1) is 35.0 Å². The number of nitrogens with zero attached hydrogens (tertiary/aromatic N) is 2. The van der Waals surface area contributed by atoms with Gasteiger partial charge in [-0.2, -0.15) is 0 Å². The Morgan fingerprint density at radius 3 is 2.60 bits per heavy atom. The predicted octanol–water partition coefficient (Wildman–Crippen LogP) is 5.89. The quantitative estimate of drug-likeness (QED) is 0.320. The van der Waals surface area contributed by atoms with Gasteiger partial charge in [-0.25, -0.2) is 9.78 Å². The van der Waals surface area contributed by atoms with Crippen molar-refractivity contribution in [1.29, 1.82) is 0 Å². The number of aromatic nitrogens is 2. The van der Waals surface area contributed by atoms with E-state index in [1.807, 2.05) is 20.8 Å². The van der Waals surface area contributed by atoms with Crippen LogP contribution in [0.15, 0.2) is 34.8 Å². The largest absolute Gasteiger partial charge is 0.477 e. The van der Waals surface area contributed by atoms with Gasteiger partial charge in [-0.15, -0.1) is 11.3 Å². The van der Waals surface area contributed by atoms with Crippen molar-refractivity contribution >= 4 is 28.9 Å². The van der Waals surface area contributed by atoms with Crippen LogP contribution >= 0.6 is 11.3 Å². The number of amides is 1. The van der Waals surface area contributed by atoms with Gasteiger partial charge in [0.1, 0.15) is 4.88 Å². The minimum absolute atomic E-state index is 0.00218. The second kappa shape index (κ2) is 12.4. The van der Waals surface area contributed by atoms with Crippen molar-refractivity contribution in [2.24, 2.45) is 23.2 Å². The third-order valence-electron chi connectivity index (χ3n) is 7.62. The number of aromatic amines is 1. The van der Waals surface area contributed by atoms with Gasteiger partial charge in [0, 0.05) is 29.6 Å². The number of hydrogen-bond acceptors (Lipinski definition) is 6. The smallest absolute Gasteiger partial charge is 0.348 e. The molecule has 2 aromatic heterocycles. The summed E-state index contributed by atoms with van der Waals surface area (Å²) < 4.78 is 5.74. The highest BCUT2D eigenvalue weighted by atomic mass is 32.1. The lowest BCUT2D eigenvalue weighted by atomic mass is 9.79. The van der Waals surface area contributed by atoms with Crippen LogP contribution in [0.5, 0.6) is 6.01 Å². The van der Waals surface area contributed by atoms with E-state index in [0.29, 0.717) is 23.6 Å². The van der Waals surface area contributed by atoms with Crippen LogP contribution < -0.4 is 15.2 Å². The summed E-state index contributed by atoms with van der Waals surface area (Å²) in [6.45, 7) is 10.7. The van der Waals surface area contributed by atoms with Crippen LogP contribution in [0.4, 0.5) is 5.69 Å².